The van der Waals surface area contributed by atoms with E-state index in [4.69, 9.17) is 5.73 Å². The first kappa shape index (κ1) is 19.1. The number of para-hydroxylation sites is 1. The fourth-order valence-corrected chi connectivity index (χ4v) is 1.93. The summed E-state index contributed by atoms with van der Waals surface area (Å²) in [6.07, 6.45) is 0. The summed E-state index contributed by atoms with van der Waals surface area (Å²) < 4.78 is 29.1. The summed E-state index contributed by atoms with van der Waals surface area (Å²) in [5.74, 6) is 0.307. The lowest BCUT2D eigenvalue weighted by atomic mass is 10.2. The van der Waals surface area contributed by atoms with Crippen LogP contribution in [-0.4, -0.2) is 12.6 Å². The highest BCUT2D eigenvalue weighted by Crippen LogP contribution is 2.21. The third-order valence-electron chi connectivity index (χ3n) is 2.90. The van der Waals surface area contributed by atoms with E-state index in [-0.39, 0.29) is 42.2 Å². The maximum absolute atomic E-state index is 12.3. The smallest absolute Gasteiger partial charge is 0.387 e. The molecule has 2 aromatic rings. The number of alkyl halides is 2. The zero-order valence-electron chi connectivity index (χ0n) is 12.5. The lowest BCUT2D eigenvalue weighted by Gasteiger charge is -2.10. The Balaban J connectivity index is 0.00000264. The Morgan fingerprint density at radius 3 is 2.65 bits per heavy atom. The van der Waals surface area contributed by atoms with Crippen LogP contribution in [0.25, 0.3) is 0 Å². The Labute approximate surface area is 150 Å². The molecule has 0 atom stereocenters. The summed E-state index contributed by atoms with van der Waals surface area (Å²) in [7, 11) is 0. The number of ether oxygens (including phenoxy) is 1. The van der Waals surface area contributed by atoms with Gasteiger partial charge in [0.1, 0.15) is 5.75 Å². The second-order valence-electron chi connectivity index (χ2n) is 4.68. The summed E-state index contributed by atoms with van der Waals surface area (Å²) in [6, 6.07) is 14.2. The van der Waals surface area contributed by atoms with E-state index in [1.54, 1.807) is 18.2 Å². The molecule has 4 nitrogen and oxygen atoms in total. The van der Waals surface area contributed by atoms with Crippen LogP contribution in [0.1, 0.15) is 11.1 Å². The molecule has 0 saturated heterocycles. The molecule has 0 fully saturated rings. The highest BCUT2D eigenvalue weighted by molar-refractivity contribution is 14.0. The monoisotopic (exact) mass is 433 g/mol. The van der Waals surface area contributed by atoms with Gasteiger partial charge in [0, 0.05) is 11.3 Å². The summed E-state index contributed by atoms with van der Waals surface area (Å²) in [4.78, 5) is 4.15. The zero-order valence-corrected chi connectivity index (χ0v) is 14.8. The molecular formula is C16H18F2IN3O. The number of aliphatic imine (C=N–C) groups is 1. The molecule has 0 unspecified atom stereocenters. The van der Waals surface area contributed by atoms with Crippen molar-refractivity contribution in [2.45, 2.75) is 20.1 Å². The van der Waals surface area contributed by atoms with Crippen LogP contribution in [0.2, 0.25) is 0 Å². The van der Waals surface area contributed by atoms with Gasteiger partial charge < -0.3 is 15.8 Å². The van der Waals surface area contributed by atoms with E-state index in [2.05, 4.69) is 15.0 Å². The quantitative estimate of drug-likeness (QED) is 0.424. The fraction of sp³-hybridized carbons (Fsp3) is 0.188. The van der Waals surface area contributed by atoms with E-state index in [0.717, 1.165) is 11.3 Å². The lowest BCUT2D eigenvalue weighted by Crippen LogP contribution is -2.22. The van der Waals surface area contributed by atoms with Gasteiger partial charge in [0.15, 0.2) is 5.96 Å². The summed E-state index contributed by atoms with van der Waals surface area (Å²) in [5, 5.41) is 2.95. The van der Waals surface area contributed by atoms with Gasteiger partial charge in [-0.15, -0.1) is 24.0 Å². The minimum atomic E-state index is -2.87. The summed E-state index contributed by atoms with van der Waals surface area (Å²) >= 11 is 0. The minimum Gasteiger partial charge on any atom is -0.434 e. The second-order valence-corrected chi connectivity index (χ2v) is 4.68. The van der Waals surface area contributed by atoms with Crippen molar-refractivity contribution in [3.63, 3.8) is 0 Å². The first-order chi connectivity index (χ1) is 10.5. The van der Waals surface area contributed by atoms with Gasteiger partial charge in [0.2, 0.25) is 0 Å². The van der Waals surface area contributed by atoms with Gasteiger partial charge in [-0.2, -0.15) is 8.78 Å². The Bertz CT molecular complexity index is 665. The Hall–Kier alpha value is -1.90. The molecule has 0 aliphatic carbocycles. The van der Waals surface area contributed by atoms with E-state index in [0.29, 0.717) is 5.56 Å². The van der Waals surface area contributed by atoms with Crippen molar-refractivity contribution >= 4 is 35.6 Å². The highest BCUT2D eigenvalue weighted by atomic mass is 127. The van der Waals surface area contributed by atoms with Gasteiger partial charge in [0.05, 0.1) is 6.54 Å². The molecule has 2 aromatic carbocycles. The number of rotatable bonds is 5. The topological polar surface area (TPSA) is 59.6 Å². The van der Waals surface area contributed by atoms with Crippen molar-refractivity contribution < 1.29 is 13.5 Å². The largest absolute Gasteiger partial charge is 0.434 e. The van der Waals surface area contributed by atoms with Gasteiger partial charge in [-0.05, 0) is 30.7 Å². The third kappa shape index (κ3) is 6.39. The Morgan fingerprint density at radius 2 is 1.96 bits per heavy atom. The van der Waals surface area contributed by atoms with Gasteiger partial charge >= 0.3 is 6.61 Å². The van der Waals surface area contributed by atoms with Crippen LogP contribution in [0.5, 0.6) is 5.75 Å². The average Bonchev–Trinajstić information content (AvgIpc) is 2.46. The summed E-state index contributed by atoms with van der Waals surface area (Å²) in [6.45, 7) is -0.753. The van der Waals surface area contributed by atoms with Crippen LogP contribution in [-0.2, 0) is 6.54 Å². The Morgan fingerprint density at radius 1 is 1.22 bits per heavy atom. The Kier molecular flexibility index (Phi) is 7.73. The average molecular weight is 433 g/mol. The molecule has 2 rings (SSSR count). The van der Waals surface area contributed by atoms with Gasteiger partial charge in [-0.1, -0.05) is 30.3 Å². The van der Waals surface area contributed by atoms with Crippen molar-refractivity contribution in [2.75, 3.05) is 5.32 Å². The van der Waals surface area contributed by atoms with Crippen LogP contribution < -0.4 is 15.8 Å². The van der Waals surface area contributed by atoms with Gasteiger partial charge in [0.25, 0.3) is 0 Å². The molecule has 0 amide bonds. The van der Waals surface area contributed by atoms with Crippen molar-refractivity contribution in [1.82, 2.24) is 0 Å². The number of aryl methyl sites for hydroxylation is 1. The number of hydrogen-bond donors (Lipinski definition) is 2. The van der Waals surface area contributed by atoms with Crippen molar-refractivity contribution in [3.05, 3.63) is 59.7 Å². The molecule has 3 N–H and O–H groups in total. The predicted molar refractivity (Wildman–Crippen MR) is 98.6 cm³/mol. The van der Waals surface area contributed by atoms with Crippen LogP contribution in [0.15, 0.2) is 53.5 Å². The van der Waals surface area contributed by atoms with Crippen molar-refractivity contribution in [2.24, 2.45) is 10.7 Å². The van der Waals surface area contributed by atoms with E-state index < -0.39 is 6.61 Å². The lowest BCUT2D eigenvalue weighted by molar-refractivity contribution is -0.0504. The molecule has 0 aliphatic heterocycles. The van der Waals surface area contributed by atoms with E-state index in [9.17, 15) is 8.78 Å². The normalized spacial score (nSPS) is 11.0. The molecule has 124 valence electrons. The molecule has 0 aromatic heterocycles. The third-order valence-corrected chi connectivity index (χ3v) is 2.90. The number of anilines is 1. The number of nitrogens with two attached hydrogens (primary N) is 1. The first-order valence-corrected chi connectivity index (χ1v) is 6.71. The van der Waals surface area contributed by atoms with Crippen LogP contribution >= 0.6 is 24.0 Å². The molecule has 0 saturated carbocycles. The maximum atomic E-state index is 12.3. The SMILES string of the molecule is Cc1cccc(NC(N)=NCc2ccccc2OC(F)F)c1.I. The van der Waals surface area contributed by atoms with Crippen LogP contribution in [0.4, 0.5) is 14.5 Å². The zero-order chi connectivity index (χ0) is 15.9. The second kappa shape index (κ2) is 9.29. The van der Waals surface area contributed by atoms with E-state index >= 15 is 0 Å². The molecule has 0 radical (unpaired) electrons. The highest BCUT2D eigenvalue weighted by Gasteiger charge is 2.08. The van der Waals surface area contributed by atoms with Crippen LogP contribution in [0, 0.1) is 6.92 Å². The number of guanidine groups is 1. The van der Waals surface area contributed by atoms with Gasteiger partial charge in [-0.3, -0.25) is 0 Å². The number of benzene rings is 2. The molecule has 0 aliphatic rings. The molecular weight excluding hydrogens is 415 g/mol. The molecule has 0 bridgehead atoms. The van der Waals surface area contributed by atoms with E-state index in [1.807, 2.05) is 31.2 Å². The predicted octanol–water partition coefficient (Wildman–Crippen LogP) is 4.14. The molecule has 7 heteroatoms. The molecule has 23 heavy (non-hydrogen) atoms. The fourth-order valence-electron chi connectivity index (χ4n) is 1.93. The standard InChI is InChI=1S/C16H17F2N3O.HI/c1-11-5-4-7-13(9-11)21-16(19)20-10-12-6-2-3-8-14(12)22-15(17)18;/h2-9,15H,10H2,1H3,(H3,19,20,21);1H. The molecule has 0 heterocycles. The number of nitrogens with zero attached hydrogens (tertiary/aromatic N) is 1. The molecule has 0 spiro atoms. The first-order valence-electron chi connectivity index (χ1n) is 6.71. The number of hydrogen-bond acceptors (Lipinski definition) is 2. The van der Waals surface area contributed by atoms with Gasteiger partial charge in [-0.25, -0.2) is 4.99 Å². The summed E-state index contributed by atoms with van der Waals surface area (Å²) in [5.41, 5.74) is 8.25. The van der Waals surface area contributed by atoms with Crippen LogP contribution in [0.3, 0.4) is 0 Å². The number of halogens is 3. The minimum absolute atomic E-state index is 0. The number of nitrogens with one attached hydrogen (secondary N) is 1. The van der Waals surface area contributed by atoms with E-state index in [1.165, 1.54) is 6.07 Å². The van der Waals surface area contributed by atoms with Crippen molar-refractivity contribution in [3.8, 4) is 5.75 Å². The van der Waals surface area contributed by atoms with Crippen molar-refractivity contribution in [1.29, 1.82) is 0 Å². The maximum Gasteiger partial charge on any atom is 0.387 e.